The van der Waals surface area contributed by atoms with E-state index in [0.29, 0.717) is 4.88 Å². The first-order chi connectivity index (χ1) is 17.1. The van der Waals surface area contributed by atoms with Gasteiger partial charge in [-0.2, -0.15) is 13.2 Å². The Kier molecular flexibility index (Phi) is 5.76. The number of aromatic nitrogens is 2. The molecule has 2 amide bonds. The number of H-pyrrole nitrogens is 1. The summed E-state index contributed by atoms with van der Waals surface area (Å²) < 4.78 is 41.2. The molecule has 182 valence electrons. The number of pyridine rings is 1. The van der Waals surface area contributed by atoms with Crippen LogP contribution in [0.4, 0.5) is 18.9 Å². The van der Waals surface area contributed by atoms with Crippen molar-refractivity contribution in [2.75, 3.05) is 19.4 Å². The number of anilines is 1. The Morgan fingerprint density at radius 3 is 2.61 bits per heavy atom. The minimum absolute atomic E-state index is 0.0954. The lowest BCUT2D eigenvalue weighted by atomic mass is 10.0. The van der Waals surface area contributed by atoms with Crippen molar-refractivity contribution in [1.82, 2.24) is 14.9 Å². The second kappa shape index (κ2) is 8.80. The smallest absolute Gasteiger partial charge is 0.346 e. The summed E-state index contributed by atoms with van der Waals surface area (Å²) in [6.07, 6.45) is -1.13. The average Bonchev–Trinajstić information content (AvgIpc) is 3.49. The zero-order valence-electron chi connectivity index (χ0n) is 19.1. The van der Waals surface area contributed by atoms with Crippen molar-refractivity contribution in [2.45, 2.75) is 6.18 Å². The van der Waals surface area contributed by atoms with Crippen LogP contribution in [0.25, 0.3) is 32.2 Å². The highest BCUT2D eigenvalue weighted by Gasteiger charge is 2.35. The van der Waals surface area contributed by atoms with E-state index in [9.17, 15) is 22.8 Å². The number of nitrogens with zero attached hydrogens (tertiary/aromatic N) is 2. The first-order valence-corrected chi connectivity index (χ1v) is 11.6. The Hall–Kier alpha value is -4.18. The average molecular weight is 509 g/mol. The molecule has 10 heteroatoms. The lowest BCUT2D eigenvalue weighted by molar-refractivity contribution is -0.138. The number of nitrogens with one attached hydrogen (secondary N) is 2. The van der Waals surface area contributed by atoms with Crippen LogP contribution in [0.3, 0.4) is 0 Å². The van der Waals surface area contributed by atoms with Crippen LogP contribution in [-0.2, 0) is 6.18 Å². The number of alkyl halides is 3. The quantitative estimate of drug-likeness (QED) is 0.294. The third-order valence-corrected chi connectivity index (χ3v) is 6.81. The lowest BCUT2D eigenvalue weighted by Crippen LogP contribution is -2.25. The van der Waals surface area contributed by atoms with Gasteiger partial charge in [0.2, 0.25) is 0 Å². The number of aromatic amines is 1. The number of amides is 2. The molecule has 3 heterocycles. The minimum Gasteiger partial charge on any atom is -0.346 e. The molecule has 0 atom stereocenters. The van der Waals surface area contributed by atoms with Crippen molar-refractivity contribution in [3.63, 3.8) is 0 Å². The van der Waals surface area contributed by atoms with E-state index >= 15 is 0 Å². The maximum atomic E-state index is 13.4. The molecule has 0 unspecified atom stereocenters. The molecular formula is C26H19F3N4O2S. The molecule has 6 nitrogen and oxygen atoms in total. The Morgan fingerprint density at radius 1 is 1.06 bits per heavy atom. The van der Waals surface area contributed by atoms with Gasteiger partial charge in [0.25, 0.3) is 11.8 Å². The van der Waals surface area contributed by atoms with Crippen LogP contribution >= 0.6 is 11.3 Å². The number of carbonyl (C=O) groups excluding carboxylic acids is 2. The van der Waals surface area contributed by atoms with Crippen LogP contribution in [0.2, 0.25) is 0 Å². The summed E-state index contributed by atoms with van der Waals surface area (Å²) in [5.74, 6) is -1.29. The molecule has 36 heavy (non-hydrogen) atoms. The van der Waals surface area contributed by atoms with Crippen LogP contribution in [0, 0.1) is 0 Å². The first kappa shape index (κ1) is 23.6. The summed E-state index contributed by atoms with van der Waals surface area (Å²) in [5.41, 5.74) is 1.09. The topological polar surface area (TPSA) is 78.1 Å². The molecule has 0 saturated heterocycles. The number of fused-ring (bicyclic) bond motifs is 2. The Morgan fingerprint density at radius 2 is 1.86 bits per heavy atom. The van der Waals surface area contributed by atoms with Gasteiger partial charge in [0.05, 0.1) is 16.0 Å². The highest BCUT2D eigenvalue weighted by molar-refractivity contribution is 7.21. The molecule has 0 aliphatic heterocycles. The number of thiophene rings is 1. The van der Waals surface area contributed by atoms with Gasteiger partial charge < -0.3 is 15.2 Å². The maximum absolute atomic E-state index is 13.4. The van der Waals surface area contributed by atoms with Crippen molar-refractivity contribution in [2.24, 2.45) is 0 Å². The molecule has 0 aliphatic carbocycles. The fraction of sp³-hybridized carbons (Fsp3) is 0.115. The number of halogens is 3. The van der Waals surface area contributed by atoms with Gasteiger partial charge in [-0.25, -0.2) is 4.98 Å². The van der Waals surface area contributed by atoms with Crippen molar-refractivity contribution < 1.29 is 22.8 Å². The van der Waals surface area contributed by atoms with E-state index in [1.807, 2.05) is 36.5 Å². The van der Waals surface area contributed by atoms with Gasteiger partial charge in [-0.15, -0.1) is 11.3 Å². The van der Waals surface area contributed by atoms with Gasteiger partial charge in [-0.1, -0.05) is 12.1 Å². The van der Waals surface area contributed by atoms with Gasteiger partial charge in [-0.05, 0) is 48.0 Å². The molecule has 2 aromatic carbocycles. The first-order valence-electron chi connectivity index (χ1n) is 10.8. The molecule has 0 fully saturated rings. The Balaban J connectivity index is 1.48. The van der Waals surface area contributed by atoms with Crippen LogP contribution < -0.4 is 5.32 Å². The van der Waals surface area contributed by atoms with Gasteiger partial charge >= 0.3 is 6.18 Å². The number of carbonyl (C=O) groups is 2. The maximum Gasteiger partial charge on any atom is 0.417 e. The molecule has 0 spiro atoms. The van der Waals surface area contributed by atoms with E-state index in [4.69, 9.17) is 0 Å². The SMILES string of the molecule is CN(C)C(=O)c1cc(NC(=O)c2cc3c(-c4cnc5[nH]ccc5c4)cccc3s2)ccc1C(F)(F)F. The number of rotatable bonds is 4. The van der Waals surface area contributed by atoms with E-state index in [0.717, 1.165) is 55.3 Å². The van der Waals surface area contributed by atoms with E-state index in [-0.39, 0.29) is 5.69 Å². The largest absolute Gasteiger partial charge is 0.417 e. The summed E-state index contributed by atoms with van der Waals surface area (Å²) >= 11 is 1.27. The molecule has 0 aliphatic rings. The van der Waals surface area contributed by atoms with Crippen LogP contribution in [0.5, 0.6) is 0 Å². The van der Waals surface area contributed by atoms with Crippen LogP contribution in [0.15, 0.2) is 67.0 Å². The summed E-state index contributed by atoms with van der Waals surface area (Å²) in [7, 11) is 2.73. The standard InChI is InChI=1S/C26H19F3N4O2S/c1-33(2)25(35)19-11-16(6-7-20(19)26(27,28)29)32-24(34)22-12-18-17(4-3-5-21(18)36-22)15-10-14-8-9-30-23(14)31-13-15/h3-13H,1-2H3,(H,30,31)(H,32,34). The number of hydrogen-bond acceptors (Lipinski definition) is 4. The van der Waals surface area contributed by atoms with E-state index < -0.39 is 29.1 Å². The van der Waals surface area contributed by atoms with Crippen molar-refractivity contribution in [3.8, 4) is 11.1 Å². The van der Waals surface area contributed by atoms with Gasteiger partial charge in [0, 0.05) is 53.2 Å². The van der Waals surface area contributed by atoms with Crippen molar-refractivity contribution in [3.05, 3.63) is 83.0 Å². The lowest BCUT2D eigenvalue weighted by Gasteiger charge is -2.17. The summed E-state index contributed by atoms with van der Waals surface area (Å²) in [4.78, 5) is 34.4. The molecule has 0 radical (unpaired) electrons. The normalized spacial score (nSPS) is 11.7. The van der Waals surface area contributed by atoms with E-state index in [1.165, 1.54) is 25.4 Å². The van der Waals surface area contributed by atoms with E-state index in [1.54, 1.807) is 12.3 Å². The molecule has 2 N–H and O–H groups in total. The summed E-state index contributed by atoms with van der Waals surface area (Å²) in [6, 6.07) is 14.4. The van der Waals surface area contributed by atoms with Crippen molar-refractivity contribution in [1.29, 1.82) is 0 Å². The number of hydrogen-bond donors (Lipinski definition) is 2. The predicted molar refractivity (Wildman–Crippen MR) is 134 cm³/mol. The fourth-order valence-electron chi connectivity index (χ4n) is 3.99. The van der Waals surface area contributed by atoms with Crippen LogP contribution in [0.1, 0.15) is 25.6 Å². The number of benzene rings is 2. The monoisotopic (exact) mass is 508 g/mol. The zero-order valence-corrected chi connectivity index (χ0v) is 19.9. The zero-order chi connectivity index (χ0) is 25.6. The second-order valence-electron chi connectivity index (χ2n) is 8.38. The molecule has 3 aromatic heterocycles. The summed E-state index contributed by atoms with van der Waals surface area (Å²) in [5, 5.41) is 4.45. The second-order valence-corrected chi connectivity index (χ2v) is 9.46. The van der Waals surface area contributed by atoms with Gasteiger partial charge in [0.1, 0.15) is 5.65 Å². The molecule has 0 saturated carbocycles. The highest BCUT2D eigenvalue weighted by atomic mass is 32.1. The molecular weight excluding hydrogens is 489 g/mol. The third kappa shape index (κ3) is 4.31. The Labute approximate surface area is 207 Å². The highest BCUT2D eigenvalue weighted by Crippen LogP contribution is 2.36. The third-order valence-electron chi connectivity index (χ3n) is 5.72. The molecule has 0 bridgehead atoms. The summed E-state index contributed by atoms with van der Waals surface area (Å²) in [6.45, 7) is 0. The minimum atomic E-state index is -4.70. The van der Waals surface area contributed by atoms with Gasteiger partial charge in [-0.3, -0.25) is 9.59 Å². The fourth-order valence-corrected chi connectivity index (χ4v) is 4.97. The van der Waals surface area contributed by atoms with Crippen LogP contribution in [-0.4, -0.2) is 40.8 Å². The molecule has 5 aromatic rings. The Bertz CT molecular complexity index is 1640. The van der Waals surface area contributed by atoms with Gasteiger partial charge in [0.15, 0.2) is 0 Å². The molecule has 5 rings (SSSR count). The predicted octanol–water partition coefficient (Wildman–Crippen LogP) is 6.42. The van der Waals surface area contributed by atoms with E-state index in [2.05, 4.69) is 15.3 Å². The van der Waals surface area contributed by atoms with Crippen molar-refractivity contribution >= 4 is 50.0 Å².